The van der Waals surface area contributed by atoms with Crippen LogP contribution in [0, 0.1) is 0 Å². The van der Waals surface area contributed by atoms with Crippen molar-refractivity contribution in [3.8, 4) is 0 Å². The van der Waals surface area contributed by atoms with Crippen LogP contribution in [-0.4, -0.2) is 53.1 Å². The van der Waals surface area contributed by atoms with E-state index in [-0.39, 0.29) is 23.4 Å². The molecule has 2 N–H and O–H groups in total. The number of carboxylic acid groups (broad SMARTS) is 1. The van der Waals surface area contributed by atoms with Gasteiger partial charge in [0.25, 0.3) is 10.0 Å². The highest BCUT2D eigenvalue weighted by Gasteiger charge is 2.34. The Bertz CT molecular complexity index is 551. The molecule has 0 spiro atoms. The maximum absolute atomic E-state index is 12.6. The summed E-state index contributed by atoms with van der Waals surface area (Å²) in [4.78, 5) is 14.6. The molecule has 0 unspecified atom stereocenters. The SMILES string of the molecule is CCC(CC)N(CCO)S(=O)(=O)c1scnc1C(=O)O. The van der Waals surface area contributed by atoms with Gasteiger partial charge >= 0.3 is 5.97 Å². The van der Waals surface area contributed by atoms with E-state index in [4.69, 9.17) is 10.2 Å². The fourth-order valence-corrected chi connectivity index (χ4v) is 4.98. The van der Waals surface area contributed by atoms with Crippen LogP contribution in [0.4, 0.5) is 0 Å². The Labute approximate surface area is 121 Å². The first-order valence-corrected chi connectivity index (χ1v) is 8.51. The summed E-state index contributed by atoms with van der Waals surface area (Å²) in [6.07, 6.45) is 1.16. The zero-order chi connectivity index (χ0) is 15.3. The zero-order valence-corrected chi connectivity index (χ0v) is 12.9. The van der Waals surface area contributed by atoms with E-state index in [9.17, 15) is 13.2 Å². The Morgan fingerprint density at radius 1 is 1.45 bits per heavy atom. The normalized spacial score (nSPS) is 12.2. The number of nitrogens with zero attached hydrogens (tertiary/aromatic N) is 2. The monoisotopic (exact) mass is 322 g/mol. The molecule has 1 aromatic rings. The summed E-state index contributed by atoms with van der Waals surface area (Å²) in [6, 6.07) is -0.282. The first-order chi connectivity index (χ1) is 9.39. The molecule has 0 aliphatic rings. The Kier molecular flexibility index (Phi) is 6.06. The highest BCUT2D eigenvalue weighted by molar-refractivity contribution is 7.91. The molecule has 114 valence electrons. The van der Waals surface area contributed by atoms with Gasteiger partial charge in [0.05, 0.1) is 12.1 Å². The summed E-state index contributed by atoms with van der Waals surface area (Å²) in [7, 11) is -3.97. The van der Waals surface area contributed by atoms with Crippen LogP contribution in [0.15, 0.2) is 9.72 Å². The number of thiazole rings is 1. The van der Waals surface area contributed by atoms with E-state index in [0.717, 1.165) is 15.6 Å². The van der Waals surface area contributed by atoms with Crippen molar-refractivity contribution >= 4 is 27.3 Å². The van der Waals surface area contributed by atoms with E-state index in [1.165, 1.54) is 5.51 Å². The van der Waals surface area contributed by atoms with Crippen molar-refractivity contribution in [3.63, 3.8) is 0 Å². The molecule has 0 aromatic carbocycles. The molecule has 0 atom stereocenters. The highest BCUT2D eigenvalue weighted by Crippen LogP contribution is 2.27. The number of sulfonamides is 1. The van der Waals surface area contributed by atoms with E-state index in [1.807, 2.05) is 13.8 Å². The molecular weight excluding hydrogens is 304 g/mol. The maximum Gasteiger partial charge on any atom is 0.356 e. The van der Waals surface area contributed by atoms with Crippen molar-refractivity contribution in [1.29, 1.82) is 0 Å². The molecule has 9 heteroatoms. The number of aliphatic hydroxyl groups is 1. The smallest absolute Gasteiger partial charge is 0.356 e. The van der Waals surface area contributed by atoms with Gasteiger partial charge in [-0.1, -0.05) is 13.8 Å². The van der Waals surface area contributed by atoms with Crippen LogP contribution >= 0.6 is 11.3 Å². The molecule has 7 nitrogen and oxygen atoms in total. The maximum atomic E-state index is 12.6. The summed E-state index contributed by atoms with van der Waals surface area (Å²) >= 11 is 0.774. The largest absolute Gasteiger partial charge is 0.476 e. The Morgan fingerprint density at radius 2 is 2.05 bits per heavy atom. The number of aliphatic hydroxyl groups excluding tert-OH is 1. The molecule has 1 aromatic heterocycles. The lowest BCUT2D eigenvalue weighted by Crippen LogP contribution is -2.41. The first-order valence-electron chi connectivity index (χ1n) is 6.19. The Balaban J connectivity index is 3.29. The lowest BCUT2D eigenvalue weighted by Gasteiger charge is -2.28. The average molecular weight is 322 g/mol. The van der Waals surface area contributed by atoms with Gasteiger partial charge in [0.2, 0.25) is 0 Å². The summed E-state index contributed by atoms with van der Waals surface area (Å²) < 4.78 is 26.1. The van der Waals surface area contributed by atoms with Crippen molar-refractivity contribution in [2.24, 2.45) is 0 Å². The molecule has 1 heterocycles. The van der Waals surface area contributed by atoms with E-state index < -0.39 is 21.7 Å². The average Bonchev–Trinajstić information content (AvgIpc) is 2.89. The molecule has 0 aliphatic heterocycles. The number of aromatic carboxylic acids is 1. The minimum atomic E-state index is -3.97. The van der Waals surface area contributed by atoms with Crippen LogP contribution in [0.5, 0.6) is 0 Å². The standard InChI is InChI=1S/C11H18N2O5S2/c1-3-8(4-2)13(5-6-14)20(17,18)11-9(10(15)16)12-7-19-11/h7-8,14H,3-6H2,1-2H3,(H,15,16). The number of rotatable bonds is 8. The van der Waals surface area contributed by atoms with Gasteiger partial charge in [-0.05, 0) is 12.8 Å². The van der Waals surface area contributed by atoms with Gasteiger partial charge in [-0.3, -0.25) is 0 Å². The van der Waals surface area contributed by atoms with Crippen molar-refractivity contribution in [2.75, 3.05) is 13.2 Å². The van der Waals surface area contributed by atoms with Gasteiger partial charge in [-0.2, -0.15) is 4.31 Å². The van der Waals surface area contributed by atoms with Crippen molar-refractivity contribution in [3.05, 3.63) is 11.2 Å². The third-order valence-corrected chi connectivity index (χ3v) is 6.25. The van der Waals surface area contributed by atoms with Crippen molar-refractivity contribution in [1.82, 2.24) is 9.29 Å². The van der Waals surface area contributed by atoms with Gasteiger partial charge < -0.3 is 10.2 Å². The molecule has 0 saturated carbocycles. The molecule has 0 amide bonds. The van der Waals surface area contributed by atoms with Crippen LogP contribution in [0.3, 0.4) is 0 Å². The second-order valence-electron chi connectivity index (χ2n) is 4.10. The van der Waals surface area contributed by atoms with E-state index in [1.54, 1.807) is 0 Å². The molecule has 0 bridgehead atoms. The van der Waals surface area contributed by atoms with Crippen molar-refractivity contribution in [2.45, 2.75) is 36.9 Å². The number of carbonyl (C=O) groups is 1. The van der Waals surface area contributed by atoms with Crippen LogP contribution in [0.2, 0.25) is 0 Å². The number of hydrogen-bond acceptors (Lipinski definition) is 6. The minimum Gasteiger partial charge on any atom is -0.476 e. The quantitative estimate of drug-likeness (QED) is 0.739. The molecule has 20 heavy (non-hydrogen) atoms. The molecule has 1 rings (SSSR count). The van der Waals surface area contributed by atoms with Crippen LogP contribution in [0.1, 0.15) is 37.2 Å². The van der Waals surface area contributed by atoms with E-state index >= 15 is 0 Å². The second kappa shape index (κ2) is 7.11. The third-order valence-electron chi connectivity index (χ3n) is 2.95. The van der Waals surface area contributed by atoms with E-state index in [0.29, 0.717) is 12.8 Å². The van der Waals surface area contributed by atoms with E-state index in [2.05, 4.69) is 4.98 Å². The Hall–Kier alpha value is -1.03. The van der Waals surface area contributed by atoms with Gasteiger partial charge in [0.15, 0.2) is 9.90 Å². The van der Waals surface area contributed by atoms with Crippen LogP contribution in [0.25, 0.3) is 0 Å². The number of hydrogen-bond donors (Lipinski definition) is 2. The summed E-state index contributed by atoms with van der Waals surface area (Å²) in [5, 5.41) is 18.1. The van der Waals surface area contributed by atoms with Gasteiger partial charge in [0.1, 0.15) is 0 Å². The van der Waals surface area contributed by atoms with Crippen molar-refractivity contribution < 1.29 is 23.4 Å². The Morgan fingerprint density at radius 3 is 2.50 bits per heavy atom. The summed E-state index contributed by atoms with van der Waals surface area (Å²) in [5.41, 5.74) is 0.726. The minimum absolute atomic E-state index is 0.0639. The highest BCUT2D eigenvalue weighted by atomic mass is 32.2. The fraction of sp³-hybridized carbons (Fsp3) is 0.636. The predicted molar refractivity (Wildman–Crippen MR) is 74.4 cm³/mol. The fourth-order valence-electron chi connectivity index (χ4n) is 1.96. The summed E-state index contributed by atoms with van der Waals surface area (Å²) in [5.74, 6) is -1.38. The predicted octanol–water partition coefficient (Wildman–Crippen LogP) is 1.01. The zero-order valence-electron chi connectivity index (χ0n) is 11.3. The third kappa shape index (κ3) is 3.35. The molecule has 0 aliphatic carbocycles. The lowest BCUT2D eigenvalue weighted by atomic mass is 10.2. The van der Waals surface area contributed by atoms with Crippen LogP contribution < -0.4 is 0 Å². The van der Waals surface area contributed by atoms with Gasteiger partial charge in [0, 0.05) is 12.6 Å². The van der Waals surface area contributed by atoms with Gasteiger partial charge in [-0.25, -0.2) is 18.2 Å². The molecule has 0 saturated heterocycles. The van der Waals surface area contributed by atoms with Gasteiger partial charge in [-0.15, -0.1) is 11.3 Å². The van der Waals surface area contributed by atoms with Crippen LogP contribution in [-0.2, 0) is 10.0 Å². The first kappa shape index (κ1) is 17.0. The molecule has 0 fully saturated rings. The second-order valence-corrected chi connectivity index (χ2v) is 7.04. The molecule has 0 radical (unpaired) electrons. The summed E-state index contributed by atoms with van der Waals surface area (Å²) in [6.45, 7) is 3.31. The lowest BCUT2D eigenvalue weighted by molar-refractivity contribution is 0.0687. The molecular formula is C11H18N2O5S2. The number of carboxylic acids is 1. The topological polar surface area (TPSA) is 108 Å². The number of aromatic nitrogens is 1.